The van der Waals surface area contributed by atoms with E-state index < -0.39 is 68.9 Å². The third kappa shape index (κ3) is 10.7. The summed E-state index contributed by atoms with van der Waals surface area (Å²) in [5.74, 6) is -0.896. The first kappa shape index (κ1) is 44.6. The highest BCUT2D eigenvalue weighted by Crippen LogP contribution is 2.34. The van der Waals surface area contributed by atoms with Crippen LogP contribution in [-0.4, -0.2) is 132 Å². The third-order valence-electron chi connectivity index (χ3n) is 11.3. The summed E-state index contributed by atoms with van der Waals surface area (Å²) in [5.41, 5.74) is -1.75. The van der Waals surface area contributed by atoms with Crippen LogP contribution < -0.4 is 40.8 Å². The van der Waals surface area contributed by atoms with Gasteiger partial charge in [-0.2, -0.15) is 11.8 Å². The van der Waals surface area contributed by atoms with Gasteiger partial charge in [0.1, 0.15) is 23.6 Å². The minimum atomic E-state index is -3.96. The van der Waals surface area contributed by atoms with Gasteiger partial charge in [-0.25, -0.2) is 18.2 Å². The fraction of sp³-hybridized carbons (Fsp3) is 0.550. The number of carbonyl (C=O) groups excluding carboxylic acids is 5. The number of fused-ring (bicyclic) bond motifs is 2. The van der Waals surface area contributed by atoms with Crippen molar-refractivity contribution in [1.29, 1.82) is 0 Å². The number of nitrogens with zero attached hydrogens (tertiary/aromatic N) is 2. The predicted molar refractivity (Wildman–Crippen MR) is 224 cm³/mol. The Morgan fingerprint density at radius 1 is 1.17 bits per heavy atom. The molecule has 326 valence electrons. The maximum Gasteiger partial charge on any atom is 0.315 e. The third-order valence-corrected chi connectivity index (χ3v) is 14.6. The Bertz CT molecular complexity index is 2090. The van der Waals surface area contributed by atoms with Crippen LogP contribution in [0.2, 0.25) is 0 Å². The molecule has 0 radical (unpaired) electrons. The molecule has 4 aliphatic rings. The Morgan fingerprint density at radius 3 is 2.67 bits per heavy atom. The van der Waals surface area contributed by atoms with Crippen LogP contribution in [0.3, 0.4) is 0 Å². The zero-order valence-electron chi connectivity index (χ0n) is 33.7. The molecule has 4 heterocycles. The second-order valence-electron chi connectivity index (χ2n) is 15.8. The number of carbonyl (C=O) groups is 5. The van der Waals surface area contributed by atoms with Crippen molar-refractivity contribution in [3.63, 3.8) is 0 Å². The highest BCUT2D eigenvalue weighted by molar-refractivity contribution is 8.00. The van der Waals surface area contributed by atoms with E-state index in [1.54, 1.807) is 43.3 Å². The quantitative estimate of drug-likeness (QED) is 0.0401. The Labute approximate surface area is 353 Å². The number of thioether (sulfide) groups is 1. The monoisotopic (exact) mass is 870 g/mol. The number of likely N-dealkylation sites (tertiary alicyclic amines) is 1. The van der Waals surface area contributed by atoms with E-state index in [0.717, 1.165) is 23.6 Å². The molecule has 3 saturated heterocycles. The largest absolute Gasteiger partial charge is 0.497 e. The number of benzene rings is 1. The van der Waals surface area contributed by atoms with Gasteiger partial charge in [-0.05, 0) is 74.8 Å². The smallest absolute Gasteiger partial charge is 0.315 e. The van der Waals surface area contributed by atoms with E-state index in [2.05, 4.69) is 49.4 Å². The number of aliphatic hydroxyl groups excluding tert-OH is 1. The fourth-order valence-electron chi connectivity index (χ4n) is 7.81. The molecule has 18 nitrogen and oxygen atoms in total. The zero-order chi connectivity index (χ0) is 43.2. The van der Waals surface area contributed by atoms with Gasteiger partial charge in [0.25, 0.3) is 5.91 Å². The van der Waals surface area contributed by atoms with Crippen LogP contribution in [0, 0.1) is 0 Å². The summed E-state index contributed by atoms with van der Waals surface area (Å²) < 4.78 is 39.4. The zero-order valence-corrected chi connectivity index (χ0v) is 35.3. The van der Waals surface area contributed by atoms with Crippen molar-refractivity contribution in [1.82, 2.24) is 41.2 Å². The molecule has 6 amide bonds. The normalized spacial score (nSPS) is 24.4. The lowest BCUT2D eigenvalue weighted by atomic mass is 9.96. The molecule has 1 saturated carbocycles. The number of pyridine rings is 1. The highest BCUT2D eigenvalue weighted by Gasteiger charge is 2.48. The molecular formula is C40H54N8O10S2. The van der Waals surface area contributed by atoms with Gasteiger partial charge >= 0.3 is 6.03 Å². The maximum atomic E-state index is 14.4. The summed E-state index contributed by atoms with van der Waals surface area (Å²) in [4.78, 5) is 71.3. The number of ether oxygens (including phenoxy) is 2. The molecule has 3 aliphatic heterocycles. The van der Waals surface area contributed by atoms with Gasteiger partial charge in [0.2, 0.25) is 33.6 Å². The number of hydrogen-bond donors (Lipinski definition) is 7. The molecule has 4 fully saturated rings. The summed E-state index contributed by atoms with van der Waals surface area (Å²) in [5, 5.41) is 27.1. The molecule has 1 unspecified atom stereocenters. The van der Waals surface area contributed by atoms with Crippen molar-refractivity contribution >= 4 is 62.2 Å². The van der Waals surface area contributed by atoms with Crippen LogP contribution in [0.25, 0.3) is 10.8 Å². The molecule has 6 rings (SSSR count). The first-order valence-corrected chi connectivity index (χ1v) is 22.6. The van der Waals surface area contributed by atoms with E-state index in [9.17, 15) is 37.5 Å². The molecule has 7 N–H and O–H groups in total. The fourth-order valence-corrected chi connectivity index (χ4v) is 10.8. The van der Waals surface area contributed by atoms with E-state index in [0.29, 0.717) is 36.8 Å². The number of aliphatic hydroxyl groups is 1. The number of unbranched alkanes of at least 4 members (excludes halogenated alkanes) is 1. The van der Waals surface area contributed by atoms with Crippen molar-refractivity contribution in [2.45, 2.75) is 111 Å². The molecule has 1 aliphatic carbocycles. The van der Waals surface area contributed by atoms with Crippen molar-refractivity contribution in [2.24, 2.45) is 0 Å². The lowest BCUT2D eigenvalue weighted by Crippen LogP contribution is -2.63. The highest BCUT2D eigenvalue weighted by atomic mass is 32.2. The number of hydrogen-bond acceptors (Lipinski definition) is 13. The second-order valence-corrected chi connectivity index (χ2v) is 19.0. The number of nitrogens with one attached hydrogen (secondary N) is 6. The molecule has 20 heteroatoms. The average molecular weight is 871 g/mol. The van der Waals surface area contributed by atoms with E-state index >= 15 is 0 Å². The van der Waals surface area contributed by atoms with E-state index in [-0.39, 0.29) is 61.6 Å². The minimum absolute atomic E-state index is 0.0139. The Morgan fingerprint density at radius 2 is 1.95 bits per heavy atom. The molecule has 8 atom stereocenters. The minimum Gasteiger partial charge on any atom is -0.497 e. The number of sulfonamides is 1. The molecule has 0 bridgehead atoms. The molecule has 1 aromatic carbocycles. The number of urea groups is 1. The van der Waals surface area contributed by atoms with Crippen LogP contribution in [0.1, 0.15) is 58.3 Å². The standard InChI is InChI=1S/C40H54N8O10S2/c1-5-16-40(3,38(53)47-60(55,56)26-12-13-26)46-35(51)30-19-25(58-36-27-14-11-24(57-4)18-23(27)15-17-41-36)21-48(30)37(52)28(20-42-32(49)6-2)43-33(50)10-8-7-9-31-34-29(22-59-31)44-39(54)45-34/h5-6,11,14-15,17-18,25-26,28-31,34,37,52H,1-2,7-10,12-13,16,19-22H2,3-4H3,(H,42,49)(H,43,50)(H,46,51)(H,47,53)(H2,44,45,54)/t25-,28+,29-,30+,31-,34-,37?,40-/m1/s1. The number of rotatable bonds is 21. The van der Waals surface area contributed by atoms with E-state index in [1.807, 2.05) is 6.07 Å². The average Bonchev–Trinajstić information content (AvgIpc) is 3.78. The van der Waals surface area contributed by atoms with E-state index in [4.69, 9.17) is 9.47 Å². The summed E-state index contributed by atoms with van der Waals surface area (Å²) in [6, 6.07) is 4.82. The lowest BCUT2D eigenvalue weighted by molar-refractivity contribution is -0.138. The van der Waals surface area contributed by atoms with Gasteiger partial charge in [-0.3, -0.25) is 28.8 Å². The Balaban J connectivity index is 1.20. The van der Waals surface area contributed by atoms with Gasteiger partial charge in [0.05, 0.1) is 36.5 Å². The molecule has 1 aromatic heterocycles. The van der Waals surface area contributed by atoms with Gasteiger partial charge in [0, 0.05) is 48.5 Å². The van der Waals surface area contributed by atoms with Crippen molar-refractivity contribution < 1.29 is 47.0 Å². The van der Waals surface area contributed by atoms with Crippen molar-refractivity contribution in [3.05, 3.63) is 55.8 Å². The number of methoxy groups -OCH3 is 1. The Kier molecular flexibility index (Phi) is 14.3. The first-order chi connectivity index (χ1) is 28.6. The molecule has 60 heavy (non-hydrogen) atoms. The molecular weight excluding hydrogens is 817 g/mol. The van der Waals surface area contributed by atoms with Gasteiger partial charge in [-0.1, -0.05) is 19.1 Å². The van der Waals surface area contributed by atoms with Crippen LogP contribution in [0.5, 0.6) is 11.6 Å². The first-order valence-electron chi connectivity index (χ1n) is 20.0. The summed E-state index contributed by atoms with van der Waals surface area (Å²) in [6.45, 7) is 8.29. The lowest BCUT2D eigenvalue weighted by Gasteiger charge is -2.36. The molecule has 2 aromatic rings. The van der Waals surface area contributed by atoms with Crippen LogP contribution in [-0.2, 0) is 29.2 Å². The second kappa shape index (κ2) is 19.2. The Hall–Kier alpha value is -4.92. The van der Waals surface area contributed by atoms with Crippen molar-refractivity contribution in [3.8, 4) is 11.6 Å². The summed E-state index contributed by atoms with van der Waals surface area (Å²) >= 11 is 1.78. The SMILES string of the molecule is C=CC[C@@](C)(NC(=O)[C@@H]1C[C@@H](Oc2nccc3cc(OC)ccc23)CN1C(O)[C@H](CNC(=O)C=C)NC(=O)CCCC[C@H]1SC[C@H]2NC(=O)N[C@H]21)C(=O)NS(=O)(=O)C1CC1. The van der Waals surface area contributed by atoms with Crippen LogP contribution in [0.4, 0.5) is 4.79 Å². The van der Waals surface area contributed by atoms with Crippen molar-refractivity contribution in [2.75, 3.05) is 26.0 Å². The predicted octanol–water partition coefficient (Wildman–Crippen LogP) is 0.956. The van der Waals surface area contributed by atoms with E-state index in [1.165, 1.54) is 17.9 Å². The van der Waals surface area contributed by atoms with Crippen LogP contribution in [0.15, 0.2) is 55.8 Å². The summed E-state index contributed by atoms with van der Waals surface area (Å²) in [6.07, 6.45) is 4.54. The number of aromatic nitrogens is 1. The summed E-state index contributed by atoms with van der Waals surface area (Å²) in [7, 11) is -2.41. The van der Waals surface area contributed by atoms with Gasteiger partial charge in [0.15, 0.2) is 0 Å². The number of amides is 6. The van der Waals surface area contributed by atoms with Gasteiger partial charge in [-0.15, -0.1) is 6.58 Å². The van der Waals surface area contributed by atoms with Gasteiger partial charge < -0.3 is 41.2 Å². The topological polar surface area (TPSA) is 246 Å². The van der Waals surface area contributed by atoms with Crippen LogP contribution >= 0.6 is 11.8 Å². The molecule has 0 spiro atoms. The maximum absolute atomic E-state index is 14.4.